The predicted molar refractivity (Wildman–Crippen MR) is 75.7 cm³/mol. The third-order valence-corrected chi connectivity index (χ3v) is 3.32. The fourth-order valence-corrected chi connectivity index (χ4v) is 2.14. The molecular formula is C14H12ClN3. The summed E-state index contributed by atoms with van der Waals surface area (Å²) in [5, 5.41) is 0.648. The molecule has 0 saturated carbocycles. The van der Waals surface area contributed by atoms with Crippen LogP contribution in [0.2, 0.25) is 5.02 Å². The Balaban J connectivity index is 2.19. The minimum atomic E-state index is 0.648. The average Bonchev–Trinajstić information content (AvgIpc) is 2.78. The van der Waals surface area contributed by atoms with Crippen molar-refractivity contribution < 1.29 is 0 Å². The lowest BCUT2D eigenvalue weighted by atomic mass is 10.1. The van der Waals surface area contributed by atoms with Crippen molar-refractivity contribution in [2.45, 2.75) is 6.92 Å². The number of hydrogen-bond donors (Lipinski definition) is 2. The lowest BCUT2D eigenvalue weighted by molar-refractivity contribution is 1.33. The molecule has 3 nitrogen and oxygen atoms in total. The molecule has 0 bridgehead atoms. The number of nitrogen functional groups attached to an aromatic ring is 1. The highest BCUT2D eigenvalue weighted by Gasteiger charge is 2.08. The van der Waals surface area contributed by atoms with E-state index in [0.717, 1.165) is 33.7 Å². The summed E-state index contributed by atoms with van der Waals surface area (Å²) >= 11 is 6.11. The third kappa shape index (κ3) is 1.73. The Bertz CT molecular complexity index is 731. The van der Waals surface area contributed by atoms with E-state index in [-0.39, 0.29) is 0 Å². The van der Waals surface area contributed by atoms with E-state index in [1.165, 1.54) is 0 Å². The van der Waals surface area contributed by atoms with E-state index in [4.69, 9.17) is 17.3 Å². The molecule has 3 aromatic rings. The number of halogens is 1. The number of benzene rings is 2. The second-order valence-electron chi connectivity index (χ2n) is 4.29. The van der Waals surface area contributed by atoms with Crippen molar-refractivity contribution in [3.8, 4) is 11.4 Å². The van der Waals surface area contributed by atoms with Crippen molar-refractivity contribution in [2.24, 2.45) is 0 Å². The molecular weight excluding hydrogens is 246 g/mol. The van der Waals surface area contributed by atoms with Gasteiger partial charge < -0.3 is 10.7 Å². The fraction of sp³-hybridized carbons (Fsp3) is 0.0714. The van der Waals surface area contributed by atoms with Gasteiger partial charge in [-0.25, -0.2) is 4.98 Å². The molecule has 0 radical (unpaired) electrons. The van der Waals surface area contributed by atoms with Crippen LogP contribution < -0.4 is 5.73 Å². The van der Waals surface area contributed by atoms with Crippen LogP contribution in [0.4, 0.5) is 5.69 Å². The van der Waals surface area contributed by atoms with Crippen LogP contribution in [-0.4, -0.2) is 9.97 Å². The summed E-state index contributed by atoms with van der Waals surface area (Å²) in [6, 6.07) is 11.6. The first-order valence-corrected chi connectivity index (χ1v) is 6.03. The van der Waals surface area contributed by atoms with Crippen LogP contribution in [0.1, 0.15) is 5.56 Å². The zero-order valence-corrected chi connectivity index (χ0v) is 10.6. The summed E-state index contributed by atoms with van der Waals surface area (Å²) in [5.74, 6) is 0.782. The SMILES string of the molecule is Cc1ccc(-c2nc3c(Cl)cccc3[nH]2)cc1N. The molecule has 1 aromatic heterocycles. The molecule has 3 rings (SSSR count). The molecule has 0 amide bonds. The summed E-state index contributed by atoms with van der Waals surface area (Å²) in [4.78, 5) is 7.76. The zero-order valence-electron chi connectivity index (χ0n) is 9.87. The second-order valence-corrected chi connectivity index (χ2v) is 4.70. The van der Waals surface area contributed by atoms with Crippen molar-refractivity contribution in [1.29, 1.82) is 0 Å². The predicted octanol–water partition coefficient (Wildman–Crippen LogP) is 3.77. The highest BCUT2D eigenvalue weighted by molar-refractivity contribution is 6.35. The van der Waals surface area contributed by atoms with E-state index in [0.29, 0.717) is 5.02 Å². The zero-order chi connectivity index (χ0) is 12.7. The summed E-state index contributed by atoms with van der Waals surface area (Å²) in [6.07, 6.45) is 0. The first kappa shape index (κ1) is 11.1. The van der Waals surface area contributed by atoms with Crippen LogP contribution in [0.5, 0.6) is 0 Å². The molecule has 0 aliphatic heterocycles. The molecule has 90 valence electrons. The van der Waals surface area contributed by atoms with Crippen molar-refractivity contribution >= 4 is 28.3 Å². The number of para-hydroxylation sites is 1. The Morgan fingerprint density at radius 3 is 2.78 bits per heavy atom. The number of nitrogens with zero attached hydrogens (tertiary/aromatic N) is 1. The second kappa shape index (κ2) is 4.03. The van der Waals surface area contributed by atoms with Gasteiger partial charge in [-0.2, -0.15) is 0 Å². The van der Waals surface area contributed by atoms with E-state index < -0.39 is 0 Å². The van der Waals surface area contributed by atoms with Crippen LogP contribution in [0.15, 0.2) is 36.4 Å². The van der Waals surface area contributed by atoms with Crippen LogP contribution in [0.25, 0.3) is 22.4 Å². The molecule has 0 saturated heterocycles. The summed E-state index contributed by atoms with van der Waals surface area (Å²) in [5.41, 5.74) is 10.4. The molecule has 0 unspecified atom stereocenters. The lowest BCUT2D eigenvalue weighted by Gasteiger charge is -2.01. The van der Waals surface area contributed by atoms with Gasteiger partial charge >= 0.3 is 0 Å². The van der Waals surface area contributed by atoms with Gasteiger partial charge in [0.25, 0.3) is 0 Å². The van der Waals surface area contributed by atoms with E-state index in [1.807, 2.05) is 43.3 Å². The number of nitrogens with one attached hydrogen (secondary N) is 1. The Kier molecular flexibility index (Phi) is 2.49. The Hall–Kier alpha value is -2.00. The van der Waals surface area contributed by atoms with E-state index >= 15 is 0 Å². The third-order valence-electron chi connectivity index (χ3n) is 3.02. The Morgan fingerprint density at radius 2 is 2.06 bits per heavy atom. The van der Waals surface area contributed by atoms with Gasteiger partial charge in [-0.05, 0) is 30.7 Å². The van der Waals surface area contributed by atoms with E-state index in [9.17, 15) is 0 Å². The molecule has 18 heavy (non-hydrogen) atoms. The fourth-order valence-electron chi connectivity index (χ4n) is 1.92. The number of anilines is 1. The van der Waals surface area contributed by atoms with Crippen molar-refractivity contribution in [3.63, 3.8) is 0 Å². The Labute approximate surface area is 110 Å². The first-order chi connectivity index (χ1) is 8.65. The molecule has 3 N–H and O–H groups in total. The maximum atomic E-state index is 6.11. The number of fused-ring (bicyclic) bond motifs is 1. The van der Waals surface area contributed by atoms with Crippen molar-refractivity contribution in [1.82, 2.24) is 9.97 Å². The number of nitrogens with two attached hydrogens (primary N) is 1. The number of hydrogen-bond acceptors (Lipinski definition) is 2. The van der Waals surface area contributed by atoms with Crippen LogP contribution in [-0.2, 0) is 0 Å². The molecule has 0 aliphatic carbocycles. The molecule has 4 heteroatoms. The molecule has 0 fully saturated rings. The maximum absolute atomic E-state index is 6.11. The number of aromatic nitrogens is 2. The van der Waals surface area contributed by atoms with Gasteiger partial charge in [-0.3, -0.25) is 0 Å². The standard InChI is InChI=1S/C14H12ClN3/c1-8-5-6-9(7-11(8)16)14-17-12-4-2-3-10(15)13(12)18-14/h2-7H,16H2,1H3,(H,17,18). The monoisotopic (exact) mass is 257 g/mol. The summed E-state index contributed by atoms with van der Waals surface area (Å²) in [7, 11) is 0. The maximum Gasteiger partial charge on any atom is 0.138 e. The van der Waals surface area contributed by atoms with Gasteiger partial charge in [0.15, 0.2) is 0 Å². The minimum absolute atomic E-state index is 0.648. The van der Waals surface area contributed by atoms with Gasteiger partial charge in [0.1, 0.15) is 11.3 Å². The van der Waals surface area contributed by atoms with Gasteiger partial charge in [0.05, 0.1) is 10.5 Å². The van der Waals surface area contributed by atoms with E-state index in [1.54, 1.807) is 0 Å². The summed E-state index contributed by atoms with van der Waals surface area (Å²) in [6.45, 7) is 1.98. The number of rotatable bonds is 1. The van der Waals surface area contributed by atoms with Gasteiger partial charge in [0, 0.05) is 11.3 Å². The van der Waals surface area contributed by atoms with Crippen LogP contribution in [0, 0.1) is 6.92 Å². The molecule has 1 heterocycles. The minimum Gasteiger partial charge on any atom is -0.398 e. The van der Waals surface area contributed by atoms with Gasteiger partial charge in [0.2, 0.25) is 0 Å². The normalized spacial score (nSPS) is 11.0. The summed E-state index contributed by atoms with van der Waals surface area (Å²) < 4.78 is 0. The smallest absolute Gasteiger partial charge is 0.138 e. The lowest BCUT2D eigenvalue weighted by Crippen LogP contribution is -1.90. The number of aromatic amines is 1. The molecule has 0 spiro atoms. The van der Waals surface area contributed by atoms with Crippen LogP contribution in [0.3, 0.4) is 0 Å². The topological polar surface area (TPSA) is 54.7 Å². The number of aryl methyl sites for hydroxylation is 1. The number of H-pyrrole nitrogens is 1. The average molecular weight is 258 g/mol. The van der Waals surface area contributed by atoms with Gasteiger partial charge in [-0.15, -0.1) is 0 Å². The largest absolute Gasteiger partial charge is 0.398 e. The van der Waals surface area contributed by atoms with Crippen molar-refractivity contribution in [2.75, 3.05) is 5.73 Å². The van der Waals surface area contributed by atoms with Gasteiger partial charge in [-0.1, -0.05) is 29.8 Å². The highest BCUT2D eigenvalue weighted by Crippen LogP contribution is 2.27. The Morgan fingerprint density at radius 1 is 1.22 bits per heavy atom. The van der Waals surface area contributed by atoms with E-state index in [2.05, 4.69) is 9.97 Å². The van der Waals surface area contributed by atoms with Crippen LogP contribution >= 0.6 is 11.6 Å². The highest BCUT2D eigenvalue weighted by atomic mass is 35.5. The molecule has 0 atom stereocenters. The molecule has 0 aliphatic rings. The number of imidazole rings is 1. The first-order valence-electron chi connectivity index (χ1n) is 5.66. The van der Waals surface area contributed by atoms with Crippen molar-refractivity contribution in [3.05, 3.63) is 47.0 Å². The quantitative estimate of drug-likeness (QED) is 0.652. The molecule has 2 aromatic carbocycles.